The Balaban J connectivity index is 1.36. The molecule has 0 amide bonds. The number of aryl methyl sites for hydroxylation is 1. The fourth-order valence-corrected chi connectivity index (χ4v) is 5.21. The number of anilines is 1. The summed E-state index contributed by atoms with van der Waals surface area (Å²) in [4.78, 5) is 7.52. The van der Waals surface area contributed by atoms with Gasteiger partial charge in [-0.3, -0.25) is 4.98 Å². The molecule has 0 bridgehead atoms. The third-order valence-corrected chi connectivity index (χ3v) is 7.01. The van der Waals surface area contributed by atoms with Crippen LogP contribution in [0, 0.1) is 5.92 Å². The summed E-state index contributed by atoms with van der Waals surface area (Å²) in [6.45, 7) is 7.45. The lowest BCUT2D eigenvalue weighted by molar-refractivity contribution is 0.0979. The molecule has 31 heavy (non-hydrogen) atoms. The number of rotatable bonds is 9. The van der Waals surface area contributed by atoms with Crippen molar-refractivity contribution in [3.8, 4) is 5.75 Å². The van der Waals surface area contributed by atoms with Crippen LogP contribution in [0.3, 0.4) is 0 Å². The molecule has 6 nitrogen and oxygen atoms in total. The molecule has 1 aromatic carbocycles. The van der Waals surface area contributed by atoms with E-state index >= 15 is 0 Å². The number of nitrogens with zero attached hydrogens (tertiary/aromatic N) is 2. The van der Waals surface area contributed by atoms with Gasteiger partial charge in [0.15, 0.2) is 0 Å². The molecule has 2 fully saturated rings. The predicted octanol–water partition coefficient (Wildman–Crippen LogP) is 3.79. The number of methoxy groups -OCH3 is 1. The number of ether oxygens (including phenoxy) is 3. The second kappa shape index (κ2) is 9.72. The van der Waals surface area contributed by atoms with E-state index in [0.29, 0.717) is 12.5 Å². The van der Waals surface area contributed by atoms with Crippen LogP contribution in [0.4, 0.5) is 5.69 Å². The Hall–Kier alpha value is -1.89. The van der Waals surface area contributed by atoms with E-state index in [2.05, 4.69) is 22.3 Å². The fraction of sp³-hybridized carbons (Fsp3) is 0.640. The predicted molar refractivity (Wildman–Crippen MR) is 123 cm³/mol. The van der Waals surface area contributed by atoms with Gasteiger partial charge in [0.2, 0.25) is 0 Å². The lowest BCUT2D eigenvalue weighted by Gasteiger charge is -2.19. The summed E-state index contributed by atoms with van der Waals surface area (Å²) < 4.78 is 17.4. The van der Waals surface area contributed by atoms with Gasteiger partial charge in [0.25, 0.3) is 0 Å². The second-order valence-corrected chi connectivity index (χ2v) is 9.16. The van der Waals surface area contributed by atoms with E-state index in [0.717, 1.165) is 74.4 Å². The van der Waals surface area contributed by atoms with Gasteiger partial charge in [-0.05, 0) is 69.3 Å². The summed E-state index contributed by atoms with van der Waals surface area (Å²) in [6.07, 6.45) is 7.13. The average molecular weight is 426 g/mol. The van der Waals surface area contributed by atoms with Crippen LogP contribution < -0.4 is 10.1 Å². The third-order valence-electron chi connectivity index (χ3n) is 7.01. The number of likely N-dealkylation sites (tertiary alicyclic amines) is 1. The largest absolute Gasteiger partial charge is 0.496 e. The molecule has 1 aliphatic carbocycles. The summed E-state index contributed by atoms with van der Waals surface area (Å²) in [6, 6.07) is 4.33. The molecule has 2 aliphatic heterocycles. The van der Waals surface area contributed by atoms with Crippen molar-refractivity contribution in [3.63, 3.8) is 0 Å². The van der Waals surface area contributed by atoms with Crippen LogP contribution in [0.2, 0.25) is 0 Å². The van der Waals surface area contributed by atoms with Gasteiger partial charge in [-0.1, -0.05) is 0 Å². The van der Waals surface area contributed by atoms with Crippen molar-refractivity contribution in [2.45, 2.75) is 45.1 Å². The Morgan fingerprint density at radius 3 is 2.90 bits per heavy atom. The van der Waals surface area contributed by atoms with Gasteiger partial charge in [-0.25, -0.2) is 0 Å². The van der Waals surface area contributed by atoms with Crippen molar-refractivity contribution < 1.29 is 14.2 Å². The Morgan fingerprint density at radius 1 is 1.19 bits per heavy atom. The van der Waals surface area contributed by atoms with Crippen molar-refractivity contribution in [2.75, 3.05) is 58.4 Å². The average Bonchev–Trinajstić information content (AvgIpc) is 3.56. The van der Waals surface area contributed by atoms with Crippen molar-refractivity contribution in [3.05, 3.63) is 29.0 Å². The smallest absolute Gasteiger partial charge is 0.125 e. The normalized spacial score (nSPS) is 21.1. The van der Waals surface area contributed by atoms with Gasteiger partial charge in [-0.15, -0.1) is 0 Å². The van der Waals surface area contributed by atoms with Gasteiger partial charge in [0.05, 0.1) is 32.4 Å². The first-order valence-corrected chi connectivity index (χ1v) is 12.0. The Kier molecular flexibility index (Phi) is 6.58. The number of nitrogens with one attached hydrogen (secondary N) is 1. The first-order chi connectivity index (χ1) is 15.3. The lowest BCUT2D eigenvalue weighted by atomic mass is 10.0. The van der Waals surface area contributed by atoms with E-state index in [1.807, 2.05) is 0 Å². The minimum Gasteiger partial charge on any atom is -0.496 e. The number of pyridine rings is 1. The highest BCUT2D eigenvalue weighted by molar-refractivity contribution is 5.95. The summed E-state index contributed by atoms with van der Waals surface area (Å²) in [7, 11) is 1.75. The van der Waals surface area contributed by atoms with Gasteiger partial charge < -0.3 is 24.4 Å². The fourth-order valence-electron chi connectivity index (χ4n) is 5.21. The highest BCUT2D eigenvalue weighted by Gasteiger charge is 2.23. The lowest BCUT2D eigenvalue weighted by Crippen LogP contribution is -2.23. The molecule has 0 spiro atoms. The van der Waals surface area contributed by atoms with E-state index in [1.54, 1.807) is 7.11 Å². The number of aromatic nitrogens is 1. The zero-order chi connectivity index (χ0) is 21.0. The van der Waals surface area contributed by atoms with E-state index in [1.165, 1.54) is 49.3 Å². The molecule has 3 aliphatic rings. The van der Waals surface area contributed by atoms with Crippen LogP contribution in [0.5, 0.6) is 5.75 Å². The molecule has 0 radical (unpaired) electrons. The molecular formula is C25H35N3O3. The van der Waals surface area contributed by atoms with Crippen LogP contribution in [-0.2, 0) is 28.9 Å². The Labute approximate surface area is 185 Å². The number of benzene rings is 1. The molecule has 2 aromatic rings. The van der Waals surface area contributed by atoms with Crippen molar-refractivity contribution in [2.24, 2.45) is 5.92 Å². The molecule has 5 rings (SSSR count). The zero-order valence-corrected chi connectivity index (χ0v) is 18.8. The van der Waals surface area contributed by atoms with Crippen LogP contribution in [0.1, 0.15) is 42.5 Å². The quantitative estimate of drug-likeness (QED) is 0.617. The molecule has 2 saturated heterocycles. The Morgan fingerprint density at radius 2 is 2.10 bits per heavy atom. The van der Waals surface area contributed by atoms with E-state index < -0.39 is 0 Å². The standard InChI is InChI=1S/C25H35N3O3/c1-29-24-14-21-23(13-19(24)17-31-12-10-28-8-2-3-9-28)27-22-6-4-5-20(22)25(21)26-15-18-7-11-30-16-18/h13-14,18H,2-12,15-17H2,1H3,(H,26,27)/t18-/m0/s1. The topological polar surface area (TPSA) is 55.9 Å². The summed E-state index contributed by atoms with van der Waals surface area (Å²) in [5.41, 5.74) is 6.03. The van der Waals surface area contributed by atoms with Crippen molar-refractivity contribution in [1.29, 1.82) is 0 Å². The molecule has 1 aromatic heterocycles. The van der Waals surface area contributed by atoms with Crippen LogP contribution in [-0.4, -0.2) is 63.0 Å². The SMILES string of the molecule is COc1cc2c(NC[C@@H]3CCOC3)c3c(nc2cc1COCCN1CCCC1)CCC3. The molecule has 3 heterocycles. The maximum absolute atomic E-state index is 6.03. The molecule has 0 saturated carbocycles. The van der Waals surface area contributed by atoms with Crippen LogP contribution in [0.25, 0.3) is 10.9 Å². The highest BCUT2D eigenvalue weighted by atomic mass is 16.5. The number of hydrogen-bond donors (Lipinski definition) is 1. The number of fused-ring (bicyclic) bond motifs is 2. The van der Waals surface area contributed by atoms with Crippen molar-refractivity contribution >= 4 is 16.6 Å². The first kappa shape index (κ1) is 21.0. The number of hydrogen-bond acceptors (Lipinski definition) is 6. The van der Waals surface area contributed by atoms with Crippen molar-refractivity contribution in [1.82, 2.24) is 9.88 Å². The van der Waals surface area contributed by atoms with E-state index in [-0.39, 0.29) is 0 Å². The van der Waals surface area contributed by atoms with Gasteiger partial charge in [0.1, 0.15) is 5.75 Å². The molecule has 0 unspecified atom stereocenters. The van der Waals surface area contributed by atoms with E-state index in [4.69, 9.17) is 19.2 Å². The monoisotopic (exact) mass is 425 g/mol. The molecule has 6 heteroatoms. The van der Waals surface area contributed by atoms with Gasteiger partial charge >= 0.3 is 0 Å². The summed E-state index contributed by atoms with van der Waals surface area (Å²) in [5.74, 6) is 1.48. The Bertz CT molecular complexity index is 905. The molecule has 1 atom stereocenters. The highest BCUT2D eigenvalue weighted by Crippen LogP contribution is 2.37. The molecule has 168 valence electrons. The van der Waals surface area contributed by atoms with Gasteiger partial charge in [-0.2, -0.15) is 0 Å². The maximum atomic E-state index is 6.03. The van der Waals surface area contributed by atoms with Gasteiger partial charge in [0, 0.05) is 47.9 Å². The molecule has 1 N–H and O–H groups in total. The van der Waals surface area contributed by atoms with Crippen LogP contribution in [0.15, 0.2) is 12.1 Å². The minimum atomic E-state index is 0.563. The summed E-state index contributed by atoms with van der Waals surface area (Å²) >= 11 is 0. The molecular weight excluding hydrogens is 390 g/mol. The summed E-state index contributed by atoms with van der Waals surface area (Å²) in [5, 5.41) is 4.94. The van der Waals surface area contributed by atoms with E-state index in [9.17, 15) is 0 Å². The second-order valence-electron chi connectivity index (χ2n) is 9.16. The minimum absolute atomic E-state index is 0.563. The maximum Gasteiger partial charge on any atom is 0.125 e. The first-order valence-electron chi connectivity index (χ1n) is 12.0. The third kappa shape index (κ3) is 4.66. The zero-order valence-electron chi connectivity index (χ0n) is 18.8. The van der Waals surface area contributed by atoms with Crippen LogP contribution >= 0.6 is 0 Å².